The Morgan fingerprint density at radius 1 is 0.923 bits per heavy atom. The third-order valence-corrected chi connectivity index (χ3v) is 5.60. The molecule has 0 aliphatic heterocycles. The van der Waals surface area contributed by atoms with Gasteiger partial charge in [0.1, 0.15) is 11.5 Å². The van der Waals surface area contributed by atoms with Crippen LogP contribution in [0.2, 0.25) is 0 Å². The first-order chi connectivity index (χ1) is 12.5. The van der Waals surface area contributed by atoms with Crippen molar-refractivity contribution < 1.29 is 23.2 Å². The normalized spacial score (nSPS) is 11.8. The molecule has 144 valence electrons. The van der Waals surface area contributed by atoms with E-state index in [1.807, 2.05) is 25.1 Å². The lowest BCUT2D eigenvalue weighted by Gasteiger charge is -2.21. The zero-order valence-corrected chi connectivity index (χ0v) is 17.0. The third-order valence-electron chi connectivity index (χ3n) is 4.04. The Morgan fingerprint density at radius 2 is 1.58 bits per heavy atom. The Balaban J connectivity index is 2.61. The predicted octanol–water partition coefficient (Wildman–Crippen LogP) is 6.01. The average molecular weight is 380 g/mol. The molecule has 2 aromatic rings. The van der Waals surface area contributed by atoms with Crippen LogP contribution in [0.5, 0.6) is 11.5 Å². The predicted molar refractivity (Wildman–Crippen MR) is 105 cm³/mol. The molecule has 5 nitrogen and oxygen atoms in total. The van der Waals surface area contributed by atoms with Gasteiger partial charge in [0.05, 0.1) is 13.2 Å². The maximum absolute atomic E-state index is 12.9. The van der Waals surface area contributed by atoms with Gasteiger partial charge in [-0.15, -0.1) is 0 Å². The first kappa shape index (κ1) is 20.8. The maximum Gasteiger partial charge on any atom is 0.530 e. The van der Waals surface area contributed by atoms with Gasteiger partial charge >= 0.3 is 7.82 Å². The molecule has 2 aromatic carbocycles. The van der Waals surface area contributed by atoms with Crippen molar-refractivity contribution in [2.45, 2.75) is 53.4 Å². The fraction of sp³-hybridized carbons (Fsp3) is 0.500. The van der Waals surface area contributed by atoms with Crippen LogP contribution < -0.4 is 4.52 Å². The monoisotopic (exact) mass is 380 g/mol. The minimum absolute atomic E-state index is 0.205. The minimum atomic E-state index is -3.72. The first-order valence-corrected chi connectivity index (χ1v) is 10.8. The Hall–Kier alpha value is -1.55. The fourth-order valence-electron chi connectivity index (χ4n) is 3.01. The number of phenols is 1. The highest BCUT2D eigenvalue weighted by atomic mass is 31.2. The van der Waals surface area contributed by atoms with Crippen molar-refractivity contribution in [3.05, 3.63) is 35.4 Å². The molecule has 0 atom stereocenters. The number of hydrogen-bond acceptors (Lipinski definition) is 5. The van der Waals surface area contributed by atoms with E-state index in [0.717, 1.165) is 30.4 Å². The third kappa shape index (κ3) is 4.79. The van der Waals surface area contributed by atoms with Crippen molar-refractivity contribution in [1.82, 2.24) is 0 Å². The topological polar surface area (TPSA) is 65.0 Å². The lowest BCUT2D eigenvalue weighted by Crippen LogP contribution is -2.04. The molecule has 2 rings (SSSR count). The molecule has 0 spiro atoms. The van der Waals surface area contributed by atoms with Crippen LogP contribution in [0.3, 0.4) is 0 Å². The summed E-state index contributed by atoms with van der Waals surface area (Å²) in [5.41, 5.74) is 1.93. The van der Waals surface area contributed by atoms with Gasteiger partial charge in [-0.05, 0) is 49.9 Å². The largest absolute Gasteiger partial charge is 0.530 e. The van der Waals surface area contributed by atoms with Crippen molar-refractivity contribution in [3.63, 3.8) is 0 Å². The molecule has 0 heterocycles. The number of benzene rings is 2. The van der Waals surface area contributed by atoms with Crippen molar-refractivity contribution in [3.8, 4) is 11.5 Å². The number of fused-ring (bicyclic) bond motifs is 1. The van der Waals surface area contributed by atoms with E-state index >= 15 is 0 Å². The number of phenolic OH excluding ortho intramolecular Hbond substituents is 1. The zero-order valence-electron chi connectivity index (χ0n) is 16.1. The highest BCUT2D eigenvalue weighted by molar-refractivity contribution is 7.48. The molecule has 0 aliphatic carbocycles. The van der Waals surface area contributed by atoms with Crippen LogP contribution in [-0.4, -0.2) is 18.3 Å². The van der Waals surface area contributed by atoms with E-state index in [2.05, 4.69) is 6.92 Å². The molecule has 0 saturated carbocycles. The van der Waals surface area contributed by atoms with Crippen molar-refractivity contribution >= 4 is 18.6 Å². The lowest BCUT2D eigenvalue weighted by molar-refractivity contribution is 0.167. The maximum atomic E-state index is 12.9. The van der Waals surface area contributed by atoms with Crippen LogP contribution in [0, 0.1) is 0 Å². The second kappa shape index (κ2) is 9.40. The molecule has 0 bridgehead atoms. The zero-order chi connectivity index (χ0) is 19.2. The summed E-state index contributed by atoms with van der Waals surface area (Å²) in [6.07, 6.45) is 3.50. The van der Waals surface area contributed by atoms with E-state index in [4.69, 9.17) is 13.6 Å². The van der Waals surface area contributed by atoms with Crippen molar-refractivity contribution in [2.24, 2.45) is 0 Å². The van der Waals surface area contributed by atoms with Gasteiger partial charge in [-0.2, -0.15) is 0 Å². The summed E-state index contributed by atoms with van der Waals surface area (Å²) in [6, 6.07) is 7.58. The molecule has 0 amide bonds. The quantitative estimate of drug-likeness (QED) is 0.511. The van der Waals surface area contributed by atoms with Crippen LogP contribution >= 0.6 is 7.82 Å². The Morgan fingerprint density at radius 3 is 2.15 bits per heavy atom. The molecular formula is C20H29O5P. The smallest absolute Gasteiger partial charge is 0.507 e. The Labute approximate surface area is 155 Å². The SMILES string of the molecule is CCCc1ccc2c(OP(=O)(OCC)OCC)c(CCC)cc(O)c2c1. The fourth-order valence-corrected chi connectivity index (χ4v) is 4.26. The van der Waals surface area contributed by atoms with Gasteiger partial charge in [-0.1, -0.05) is 38.8 Å². The van der Waals surface area contributed by atoms with Gasteiger partial charge < -0.3 is 9.63 Å². The molecule has 1 N–H and O–H groups in total. The van der Waals surface area contributed by atoms with E-state index in [1.54, 1.807) is 19.9 Å². The highest BCUT2D eigenvalue weighted by Crippen LogP contribution is 2.52. The van der Waals surface area contributed by atoms with Crippen LogP contribution in [-0.2, 0) is 26.5 Å². The van der Waals surface area contributed by atoms with E-state index < -0.39 is 7.82 Å². The molecule has 0 aliphatic rings. The number of rotatable bonds is 10. The van der Waals surface area contributed by atoms with Gasteiger partial charge in [-0.3, -0.25) is 9.05 Å². The molecule has 26 heavy (non-hydrogen) atoms. The molecular weight excluding hydrogens is 351 g/mol. The molecule has 0 unspecified atom stereocenters. The summed E-state index contributed by atoms with van der Waals surface area (Å²) >= 11 is 0. The number of aryl methyl sites for hydroxylation is 2. The van der Waals surface area contributed by atoms with Gasteiger partial charge in [0.25, 0.3) is 0 Å². The summed E-state index contributed by atoms with van der Waals surface area (Å²) < 4.78 is 29.3. The molecule has 0 radical (unpaired) electrons. The number of aromatic hydroxyl groups is 1. The summed E-state index contributed by atoms with van der Waals surface area (Å²) in [7, 11) is -3.72. The Bertz CT molecular complexity index is 777. The van der Waals surface area contributed by atoms with E-state index in [1.165, 1.54) is 0 Å². The second-order valence-electron chi connectivity index (χ2n) is 6.14. The van der Waals surface area contributed by atoms with Crippen LogP contribution in [0.25, 0.3) is 10.8 Å². The average Bonchev–Trinajstić information content (AvgIpc) is 2.59. The van der Waals surface area contributed by atoms with Crippen LogP contribution in [0.1, 0.15) is 51.7 Å². The number of phosphoric ester groups is 1. The molecule has 0 aromatic heterocycles. The van der Waals surface area contributed by atoms with E-state index in [0.29, 0.717) is 22.9 Å². The van der Waals surface area contributed by atoms with Crippen molar-refractivity contribution in [2.75, 3.05) is 13.2 Å². The van der Waals surface area contributed by atoms with Crippen LogP contribution in [0.4, 0.5) is 0 Å². The van der Waals surface area contributed by atoms with Gasteiger partial charge in [0.2, 0.25) is 0 Å². The highest BCUT2D eigenvalue weighted by Gasteiger charge is 2.30. The summed E-state index contributed by atoms with van der Waals surface area (Å²) in [5, 5.41) is 11.9. The summed E-state index contributed by atoms with van der Waals surface area (Å²) in [5.74, 6) is 0.671. The minimum Gasteiger partial charge on any atom is -0.507 e. The molecule has 0 fully saturated rings. The number of phosphoric acid groups is 1. The summed E-state index contributed by atoms with van der Waals surface area (Å²) in [6.45, 7) is 8.08. The standard InChI is InChI=1S/C20H29O5P/c1-5-9-15-11-12-17-18(13-15)19(21)14-16(10-6-2)20(17)25-26(22,23-7-3)24-8-4/h11-14,21H,5-10H2,1-4H3. The lowest BCUT2D eigenvalue weighted by atomic mass is 9.98. The molecule has 0 saturated heterocycles. The van der Waals surface area contributed by atoms with Gasteiger partial charge in [0, 0.05) is 10.8 Å². The number of hydrogen-bond donors (Lipinski definition) is 1. The Kier molecular flexibility index (Phi) is 7.51. The van der Waals surface area contributed by atoms with Gasteiger partial charge in [0.15, 0.2) is 0 Å². The van der Waals surface area contributed by atoms with Gasteiger partial charge in [-0.25, -0.2) is 4.57 Å². The first-order valence-electron chi connectivity index (χ1n) is 9.34. The van der Waals surface area contributed by atoms with E-state index in [-0.39, 0.29) is 19.0 Å². The van der Waals surface area contributed by atoms with Crippen molar-refractivity contribution in [1.29, 1.82) is 0 Å². The second-order valence-corrected chi connectivity index (χ2v) is 7.73. The summed E-state index contributed by atoms with van der Waals surface area (Å²) in [4.78, 5) is 0. The van der Waals surface area contributed by atoms with Crippen LogP contribution in [0.15, 0.2) is 24.3 Å². The van der Waals surface area contributed by atoms with E-state index in [9.17, 15) is 9.67 Å². The molecule has 6 heteroatoms.